The van der Waals surface area contributed by atoms with Crippen molar-refractivity contribution in [3.05, 3.63) is 59.8 Å². The Bertz CT molecular complexity index is 1220. The van der Waals surface area contributed by atoms with E-state index in [1.54, 1.807) is 12.3 Å². The zero-order valence-electron chi connectivity index (χ0n) is 14.1. The first-order valence-electron chi connectivity index (χ1n) is 8.57. The summed E-state index contributed by atoms with van der Waals surface area (Å²) in [5, 5.41) is 3.67. The molecule has 2 aromatic carbocycles. The van der Waals surface area contributed by atoms with Gasteiger partial charge in [0.2, 0.25) is 0 Å². The first-order valence-corrected chi connectivity index (χ1v) is 10.0. The molecule has 0 radical (unpaired) electrons. The third kappa shape index (κ3) is 2.37. The predicted octanol–water partition coefficient (Wildman–Crippen LogP) is 2.73. The van der Waals surface area contributed by atoms with Crippen molar-refractivity contribution in [2.75, 3.05) is 5.32 Å². The number of nitrogens with one attached hydrogen (secondary N) is 2. The minimum absolute atomic E-state index is 0.0908. The number of benzene rings is 2. The first-order chi connectivity index (χ1) is 13.0. The molecule has 1 fully saturated rings. The molecule has 0 saturated heterocycles. The van der Waals surface area contributed by atoms with Crippen LogP contribution in [0.15, 0.2) is 53.6 Å². The van der Waals surface area contributed by atoms with E-state index < -0.39 is 21.8 Å². The highest BCUT2D eigenvalue weighted by molar-refractivity contribution is 7.90. The Balaban J connectivity index is 1.51. The van der Waals surface area contributed by atoms with Gasteiger partial charge in [-0.25, -0.2) is 12.7 Å². The fourth-order valence-electron chi connectivity index (χ4n) is 3.45. The van der Waals surface area contributed by atoms with Gasteiger partial charge in [0, 0.05) is 28.7 Å². The largest absolute Gasteiger partial charge is 0.361 e. The zero-order chi connectivity index (χ0) is 18.8. The number of hydrogen-bond donors (Lipinski definition) is 2. The van der Waals surface area contributed by atoms with Crippen LogP contribution in [-0.2, 0) is 10.0 Å². The van der Waals surface area contributed by atoms with Crippen molar-refractivity contribution in [3.63, 3.8) is 0 Å². The van der Waals surface area contributed by atoms with Crippen LogP contribution in [0, 0.1) is 0 Å². The van der Waals surface area contributed by atoms with Crippen LogP contribution in [0.1, 0.15) is 33.6 Å². The van der Waals surface area contributed by atoms with Gasteiger partial charge >= 0.3 is 0 Å². The quantitative estimate of drug-likeness (QED) is 0.729. The standard InChI is InChI=1S/C19H15N3O4S/c23-18(21-16-3-1-2-15-13(16)8-9-20-15)11-4-7-14-17(10-11)27(25,26)22(19(14)24)12-5-6-12/h1-4,7-10,12,20H,5-6H2,(H,21,23). The van der Waals surface area contributed by atoms with Gasteiger partial charge in [0.25, 0.3) is 21.8 Å². The number of carbonyl (C=O) groups is 2. The van der Waals surface area contributed by atoms with E-state index in [4.69, 9.17) is 0 Å². The van der Waals surface area contributed by atoms with Gasteiger partial charge in [0.05, 0.1) is 11.3 Å². The van der Waals surface area contributed by atoms with Crippen LogP contribution in [0.3, 0.4) is 0 Å². The normalized spacial score (nSPS) is 17.9. The summed E-state index contributed by atoms with van der Waals surface area (Å²) < 4.78 is 26.4. The highest BCUT2D eigenvalue weighted by Crippen LogP contribution is 2.39. The molecule has 7 nitrogen and oxygen atoms in total. The van der Waals surface area contributed by atoms with E-state index in [0.29, 0.717) is 18.5 Å². The van der Waals surface area contributed by atoms with Crippen LogP contribution in [-0.4, -0.2) is 35.6 Å². The van der Waals surface area contributed by atoms with Gasteiger partial charge in [-0.15, -0.1) is 0 Å². The molecule has 0 unspecified atom stereocenters. The highest BCUT2D eigenvalue weighted by atomic mass is 32.2. The van der Waals surface area contributed by atoms with Crippen molar-refractivity contribution in [2.24, 2.45) is 0 Å². The van der Waals surface area contributed by atoms with Crippen LogP contribution in [0.4, 0.5) is 5.69 Å². The molecule has 2 aliphatic rings. The molecule has 1 aromatic heterocycles. The second kappa shape index (κ2) is 5.43. The Morgan fingerprint density at radius 1 is 1.15 bits per heavy atom. The van der Waals surface area contributed by atoms with Crippen molar-refractivity contribution in [3.8, 4) is 0 Å². The molecule has 1 aliphatic heterocycles. The maximum atomic E-state index is 12.7. The lowest BCUT2D eigenvalue weighted by molar-refractivity contribution is 0.0864. The molecule has 1 saturated carbocycles. The molecule has 136 valence electrons. The molecule has 2 N–H and O–H groups in total. The fraction of sp³-hybridized carbons (Fsp3) is 0.158. The number of hydrogen-bond acceptors (Lipinski definition) is 4. The van der Waals surface area contributed by atoms with Gasteiger partial charge in [0.15, 0.2) is 0 Å². The van der Waals surface area contributed by atoms with E-state index in [-0.39, 0.29) is 22.1 Å². The summed E-state index contributed by atoms with van der Waals surface area (Å²) in [4.78, 5) is 28.1. The average molecular weight is 381 g/mol. The van der Waals surface area contributed by atoms with Crippen LogP contribution in [0.2, 0.25) is 0 Å². The molecule has 0 bridgehead atoms. The van der Waals surface area contributed by atoms with Crippen molar-refractivity contribution in [2.45, 2.75) is 23.8 Å². The molecule has 8 heteroatoms. The van der Waals surface area contributed by atoms with Gasteiger partial charge in [-0.1, -0.05) is 6.07 Å². The number of fused-ring (bicyclic) bond motifs is 2. The van der Waals surface area contributed by atoms with E-state index in [9.17, 15) is 18.0 Å². The second-order valence-electron chi connectivity index (χ2n) is 6.75. The van der Waals surface area contributed by atoms with Gasteiger partial charge < -0.3 is 10.3 Å². The number of H-pyrrole nitrogens is 1. The maximum Gasteiger partial charge on any atom is 0.269 e. The zero-order valence-corrected chi connectivity index (χ0v) is 14.9. The molecule has 0 spiro atoms. The smallest absolute Gasteiger partial charge is 0.269 e. The Morgan fingerprint density at radius 2 is 1.96 bits per heavy atom. The summed E-state index contributed by atoms with van der Waals surface area (Å²) >= 11 is 0. The number of aromatic amines is 1. The molecule has 2 amide bonds. The number of anilines is 1. The Hall–Kier alpha value is -3.13. The second-order valence-corrected chi connectivity index (χ2v) is 8.53. The third-order valence-electron chi connectivity index (χ3n) is 4.93. The average Bonchev–Trinajstić information content (AvgIpc) is 3.30. The molecule has 1 aliphatic carbocycles. The van der Waals surface area contributed by atoms with Crippen molar-refractivity contribution >= 4 is 38.4 Å². The van der Waals surface area contributed by atoms with E-state index in [0.717, 1.165) is 15.2 Å². The minimum Gasteiger partial charge on any atom is -0.361 e. The maximum absolute atomic E-state index is 12.7. The molecule has 5 rings (SSSR count). The molecular weight excluding hydrogens is 366 g/mol. The minimum atomic E-state index is -3.89. The number of aromatic nitrogens is 1. The number of amides is 2. The van der Waals surface area contributed by atoms with Gasteiger partial charge in [-0.3, -0.25) is 9.59 Å². The van der Waals surface area contributed by atoms with Crippen LogP contribution < -0.4 is 5.32 Å². The molecule has 2 heterocycles. The third-order valence-corrected chi connectivity index (χ3v) is 6.81. The number of sulfonamides is 1. The van der Waals surface area contributed by atoms with Crippen molar-refractivity contribution in [1.29, 1.82) is 0 Å². The first kappa shape index (κ1) is 16.1. The highest BCUT2D eigenvalue weighted by Gasteiger charge is 2.48. The van der Waals surface area contributed by atoms with E-state index in [1.165, 1.54) is 18.2 Å². The lowest BCUT2D eigenvalue weighted by atomic mass is 10.1. The van der Waals surface area contributed by atoms with Crippen molar-refractivity contribution in [1.82, 2.24) is 9.29 Å². The topological polar surface area (TPSA) is 99.3 Å². The summed E-state index contributed by atoms with van der Waals surface area (Å²) in [6.45, 7) is 0. The van der Waals surface area contributed by atoms with Gasteiger partial charge in [-0.05, 0) is 49.2 Å². The lowest BCUT2D eigenvalue weighted by Crippen LogP contribution is -2.31. The summed E-state index contributed by atoms with van der Waals surface area (Å²) in [5.41, 5.74) is 1.83. The number of nitrogens with zero attached hydrogens (tertiary/aromatic N) is 1. The molecule has 0 atom stereocenters. The lowest BCUT2D eigenvalue weighted by Gasteiger charge is -2.13. The molecule has 27 heavy (non-hydrogen) atoms. The van der Waals surface area contributed by atoms with Crippen molar-refractivity contribution < 1.29 is 18.0 Å². The summed E-state index contributed by atoms with van der Waals surface area (Å²) in [7, 11) is -3.89. The predicted molar refractivity (Wildman–Crippen MR) is 99.1 cm³/mol. The number of carbonyl (C=O) groups excluding carboxylic acids is 2. The SMILES string of the molecule is O=C(Nc1cccc2[nH]ccc12)c1ccc2c(c1)S(=O)(=O)N(C1CC1)C2=O. The van der Waals surface area contributed by atoms with Gasteiger partial charge in [-0.2, -0.15) is 0 Å². The van der Waals surface area contributed by atoms with Crippen LogP contribution >= 0.6 is 0 Å². The van der Waals surface area contributed by atoms with Gasteiger partial charge in [0.1, 0.15) is 4.90 Å². The van der Waals surface area contributed by atoms with Crippen LogP contribution in [0.5, 0.6) is 0 Å². The van der Waals surface area contributed by atoms with Crippen LogP contribution in [0.25, 0.3) is 10.9 Å². The monoisotopic (exact) mass is 381 g/mol. The summed E-state index contributed by atoms with van der Waals surface area (Å²) in [5.74, 6) is -0.935. The van der Waals surface area contributed by atoms with E-state index in [1.807, 2.05) is 18.2 Å². The van der Waals surface area contributed by atoms with E-state index >= 15 is 0 Å². The molecule has 3 aromatic rings. The summed E-state index contributed by atoms with van der Waals surface area (Å²) in [6, 6.07) is 11.3. The molecular formula is C19H15N3O4S. The fourth-order valence-corrected chi connectivity index (χ4v) is 5.29. The Kier molecular flexibility index (Phi) is 3.23. The van der Waals surface area contributed by atoms with E-state index in [2.05, 4.69) is 10.3 Å². The Morgan fingerprint density at radius 3 is 2.74 bits per heavy atom. The Labute approximate surface area is 155 Å². The number of rotatable bonds is 3. The summed E-state index contributed by atoms with van der Waals surface area (Å²) in [6.07, 6.45) is 3.15.